The molecule has 0 aliphatic heterocycles. The molecule has 1 aliphatic carbocycles. The number of benzene rings is 2. The first-order valence-electron chi connectivity index (χ1n) is 10.8. The first-order valence-corrected chi connectivity index (χ1v) is 11.7. The van der Waals surface area contributed by atoms with E-state index in [0.29, 0.717) is 10.9 Å². The van der Waals surface area contributed by atoms with Gasteiger partial charge in [0.1, 0.15) is 11.5 Å². The number of aromatic nitrogens is 1. The Balaban J connectivity index is 1.33. The summed E-state index contributed by atoms with van der Waals surface area (Å²) in [4.78, 5) is 28.2. The summed E-state index contributed by atoms with van der Waals surface area (Å²) in [5.74, 6) is 0.131. The molecule has 2 aromatic heterocycles. The topological polar surface area (TPSA) is 108 Å². The van der Waals surface area contributed by atoms with Crippen molar-refractivity contribution < 1.29 is 18.9 Å². The van der Waals surface area contributed by atoms with Crippen LogP contribution in [0.4, 0.5) is 10.8 Å². The Labute approximate surface area is 199 Å². The Morgan fingerprint density at radius 2 is 1.94 bits per heavy atom. The lowest BCUT2D eigenvalue weighted by Gasteiger charge is -2.16. The lowest BCUT2D eigenvalue weighted by atomic mass is 9.90. The largest absolute Gasteiger partial charge is 0.497 e. The Kier molecular flexibility index (Phi) is 5.85. The normalized spacial score (nSPS) is 12.7. The van der Waals surface area contributed by atoms with Crippen molar-refractivity contribution in [1.29, 1.82) is 0 Å². The molecule has 34 heavy (non-hydrogen) atoms. The van der Waals surface area contributed by atoms with Crippen LogP contribution < -0.4 is 10.1 Å². The van der Waals surface area contributed by atoms with Gasteiger partial charge in [-0.25, -0.2) is 4.98 Å². The standard InChI is InChI=1S/C25H21N3O5S/c1-32-18-8-9-19(21(13-18)28(30)31)22-10-11-23(33-22)24(29)27-25-26-20(14-34-25)17-7-6-15-4-2-3-5-16(15)12-17/h6-14H,2-5H2,1H3,(H,26,27,29). The summed E-state index contributed by atoms with van der Waals surface area (Å²) in [6.45, 7) is 0. The number of hydrogen-bond acceptors (Lipinski definition) is 7. The molecular weight excluding hydrogens is 454 g/mol. The van der Waals surface area contributed by atoms with Gasteiger partial charge in [-0.2, -0.15) is 0 Å². The van der Waals surface area contributed by atoms with Crippen molar-refractivity contribution in [3.05, 3.63) is 80.9 Å². The average molecular weight is 476 g/mol. The van der Waals surface area contributed by atoms with E-state index in [-0.39, 0.29) is 22.8 Å². The number of nitrogens with zero attached hydrogens (tertiary/aromatic N) is 2. The fourth-order valence-corrected chi connectivity index (χ4v) is 4.83. The highest BCUT2D eigenvalue weighted by molar-refractivity contribution is 7.14. The fourth-order valence-electron chi connectivity index (χ4n) is 4.12. The number of amides is 1. The van der Waals surface area contributed by atoms with Crippen LogP contribution >= 0.6 is 11.3 Å². The molecule has 0 fully saturated rings. The molecule has 0 atom stereocenters. The number of rotatable bonds is 6. The minimum Gasteiger partial charge on any atom is -0.497 e. The Morgan fingerprint density at radius 1 is 1.12 bits per heavy atom. The summed E-state index contributed by atoms with van der Waals surface area (Å²) in [5, 5.41) is 16.6. The van der Waals surface area contributed by atoms with E-state index in [0.717, 1.165) is 24.1 Å². The second-order valence-corrected chi connectivity index (χ2v) is 8.84. The number of carbonyl (C=O) groups excluding carboxylic acids is 1. The van der Waals surface area contributed by atoms with E-state index in [1.165, 1.54) is 66.7 Å². The zero-order valence-corrected chi connectivity index (χ0v) is 19.2. The van der Waals surface area contributed by atoms with Crippen LogP contribution in [0.2, 0.25) is 0 Å². The van der Waals surface area contributed by atoms with Crippen molar-refractivity contribution in [1.82, 2.24) is 4.98 Å². The first kappa shape index (κ1) is 21.8. The molecule has 1 N–H and O–H groups in total. The highest BCUT2D eigenvalue weighted by atomic mass is 32.1. The molecule has 5 rings (SSSR count). The van der Waals surface area contributed by atoms with E-state index >= 15 is 0 Å². The van der Waals surface area contributed by atoms with Crippen LogP contribution in [0.15, 0.2) is 58.3 Å². The summed E-state index contributed by atoms with van der Waals surface area (Å²) in [5.41, 5.74) is 4.71. The summed E-state index contributed by atoms with van der Waals surface area (Å²) < 4.78 is 10.7. The molecule has 0 saturated heterocycles. The summed E-state index contributed by atoms with van der Waals surface area (Å²) in [6, 6.07) is 13.9. The van der Waals surface area contributed by atoms with Gasteiger partial charge < -0.3 is 9.15 Å². The van der Waals surface area contributed by atoms with Crippen LogP contribution in [0.1, 0.15) is 34.5 Å². The van der Waals surface area contributed by atoms with Crippen LogP contribution in [0.5, 0.6) is 5.75 Å². The lowest BCUT2D eigenvalue weighted by molar-refractivity contribution is -0.384. The van der Waals surface area contributed by atoms with Gasteiger partial charge in [0.05, 0.1) is 29.4 Å². The van der Waals surface area contributed by atoms with Gasteiger partial charge in [-0.05, 0) is 67.1 Å². The molecule has 2 heterocycles. The summed E-state index contributed by atoms with van der Waals surface area (Å²) >= 11 is 1.33. The minimum atomic E-state index is -0.516. The third kappa shape index (κ3) is 4.29. The van der Waals surface area contributed by atoms with Gasteiger partial charge in [0, 0.05) is 10.9 Å². The van der Waals surface area contributed by atoms with Crippen molar-refractivity contribution in [2.75, 3.05) is 12.4 Å². The zero-order valence-electron chi connectivity index (χ0n) is 18.4. The molecule has 0 spiro atoms. The van der Waals surface area contributed by atoms with Gasteiger partial charge in [-0.3, -0.25) is 20.2 Å². The molecular formula is C25H21N3O5S. The molecule has 2 aromatic carbocycles. The molecule has 172 valence electrons. The minimum absolute atomic E-state index is 0.0330. The third-order valence-electron chi connectivity index (χ3n) is 5.87. The Morgan fingerprint density at radius 3 is 2.74 bits per heavy atom. The fraction of sp³-hybridized carbons (Fsp3) is 0.200. The monoisotopic (exact) mass is 475 g/mol. The van der Waals surface area contributed by atoms with Crippen LogP contribution in [0.3, 0.4) is 0 Å². The number of aryl methyl sites for hydroxylation is 2. The second-order valence-electron chi connectivity index (χ2n) is 7.99. The van der Waals surface area contributed by atoms with E-state index in [4.69, 9.17) is 9.15 Å². The molecule has 0 bridgehead atoms. The highest BCUT2D eigenvalue weighted by Crippen LogP contribution is 2.35. The molecule has 0 saturated carbocycles. The predicted octanol–water partition coefficient (Wildman–Crippen LogP) is 6.12. The SMILES string of the molecule is COc1ccc(-c2ccc(C(=O)Nc3nc(-c4ccc5c(c4)CCCC5)cs3)o2)c([N+](=O)[O-])c1. The van der Waals surface area contributed by atoms with Crippen molar-refractivity contribution >= 4 is 28.1 Å². The maximum absolute atomic E-state index is 12.7. The van der Waals surface area contributed by atoms with E-state index in [1.807, 2.05) is 5.38 Å². The van der Waals surface area contributed by atoms with Crippen LogP contribution in [-0.4, -0.2) is 22.9 Å². The van der Waals surface area contributed by atoms with Crippen molar-refractivity contribution in [2.45, 2.75) is 25.7 Å². The van der Waals surface area contributed by atoms with Gasteiger partial charge in [0.15, 0.2) is 10.9 Å². The van der Waals surface area contributed by atoms with Gasteiger partial charge in [-0.15, -0.1) is 11.3 Å². The number of fused-ring (bicyclic) bond motifs is 1. The maximum atomic E-state index is 12.7. The Bertz CT molecular complexity index is 1390. The van der Waals surface area contributed by atoms with Crippen LogP contribution in [-0.2, 0) is 12.8 Å². The molecule has 1 aliphatic rings. The number of thiazole rings is 1. The number of ether oxygens (including phenoxy) is 1. The molecule has 8 nitrogen and oxygen atoms in total. The quantitative estimate of drug-likeness (QED) is 0.266. The van der Waals surface area contributed by atoms with E-state index in [9.17, 15) is 14.9 Å². The second kappa shape index (κ2) is 9.11. The summed E-state index contributed by atoms with van der Waals surface area (Å²) in [7, 11) is 1.43. The van der Waals surface area contributed by atoms with E-state index < -0.39 is 10.8 Å². The van der Waals surface area contributed by atoms with Gasteiger partial charge in [0.25, 0.3) is 11.6 Å². The highest BCUT2D eigenvalue weighted by Gasteiger charge is 2.21. The number of nitro groups is 1. The number of nitro benzene ring substituents is 1. The predicted molar refractivity (Wildman–Crippen MR) is 129 cm³/mol. The van der Waals surface area contributed by atoms with Crippen molar-refractivity contribution in [3.63, 3.8) is 0 Å². The van der Waals surface area contributed by atoms with Crippen LogP contribution in [0.25, 0.3) is 22.6 Å². The van der Waals surface area contributed by atoms with E-state index in [2.05, 4.69) is 28.5 Å². The number of anilines is 1. The molecule has 1 amide bonds. The lowest BCUT2D eigenvalue weighted by Crippen LogP contribution is -2.10. The third-order valence-corrected chi connectivity index (χ3v) is 6.62. The van der Waals surface area contributed by atoms with Gasteiger partial charge in [0.2, 0.25) is 0 Å². The first-order chi connectivity index (χ1) is 16.5. The average Bonchev–Trinajstić information content (AvgIpc) is 3.53. The smallest absolute Gasteiger partial charge is 0.293 e. The molecule has 0 unspecified atom stereocenters. The van der Waals surface area contributed by atoms with Gasteiger partial charge in [-0.1, -0.05) is 12.1 Å². The Hall–Kier alpha value is -3.98. The number of hydrogen-bond donors (Lipinski definition) is 1. The number of furan rings is 1. The van der Waals surface area contributed by atoms with Crippen molar-refractivity contribution in [2.24, 2.45) is 0 Å². The molecule has 4 aromatic rings. The maximum Gasteiger partial charge on any atom is 0.293 e. The number of methoxy groups -OCH3 is 1. The molecule has 0 radical (unpaired) electrons. The van der Waals surface area contributed by atoms with Gasteiger partial charge >= 0.3 is 0 Å². The molecule has 9 heteroatoms. The van der Waals surface area contributed by atoms with E-state index in [1.54, 1.807) is 6.07 Å². The van der Waals surface area contributed by atoms with Crippen LogP contribution in [0, 0.1) is 10.1 Å². The number of nitrogens with one attached hydrogen (secondary N) is 1. The van der Waals surface area contributed by atoms with Crippen molar-refractivity contribution in [3.8, 4) is 28.3 Å². The summed E-state index contributed by atoms with van der Waals surface area (Å²) in [6.07, 6.45) is 4.65. The zero-order chi connectivity index (χ0) is 23.7. The number of carbonyl (C=O) groups is 1.